The summed E-state index contributed by atoms with van der Waals surface area (Å²) in [6, 6.07) is 0.361. The second kappa shape index (κ2) is 4.05. The quantitative estimate of drug-likeness (QED) is 0.712. The lowest BCUT2D eigenvalue weighted by Crippen LogP contribution is -2.52. The van der Waals surface area contributed by atoms with Crippen molar-refractivity contribution in [1.82, 2.24) is 9.80 Å². The lowest BCUT2D eigenvalue weighted by molar-refractivity contribution is -0.142. The highest BCUT2D eigenvalue weighted by Crippen LogP contribution is 2.40. The fraction of sp³-hybridized carbons (Fsp3) is 0.818. The Bertz CT molecular complexity index is 318. The molecule has 1 aliphatic heterocycles. The topological polar surface area (TPSA) is 60.9 Å². The molecule has 1 aliphatic carbocycles. The van der Waals surface area contributed by atoms with Gasteiger partial charge in [0.1, 0.15) is 0 Å². The molecule has 90 valence electrons. The van der Waals surface area contributed by atoms with Gasteiger partial charge in [0.2, 0.25) is 5.91 Å². The first-order chi connectivity index (χ1) is 7.50. The van der Waals surface area contributed by atoms with E-state index in [1.165, 1.54) is 0 Å². The van der Waals surface area contributed by atoms with Crippen molar-refractivity contribution < 1.29 is 14.7 Å². The van der Waals surface area contributed by atoms with Crippen molar-refractivity contribution in [3.63, 3.8) is 0 Å². The Kier molecular flexibility index (Phi) is 2.88. The van der Waals surface area contributed by atoms with Crippen LogP contribution in [0.5, 0.6) is 0 Å². The van der Waals surface area contributed by atoms with Crippen LogP contribution in [-0.2, 0) is 9.59 Å². The second-order valence-corrected chi connectivity index (χ2v) is 4.90. The van der Waals surface area contributed by atoms with E-state index in [4.69, 9.17) is 5.11 Å². The molecule has 2 fully saturated rings. The Hall–Kier alpha value is -1.10. The molecule has 2 rings (SSSR count). The van der Waals surface area contributed by atoms with Crippen LogP contribution in [-0.4, -0.2) is 59.5 Å². The first-order valence-corrected chi connectivity index (χ1v) is 5.72. The number of amides is 1. The fourth-order valence-electron chi connectivity index (χ4n) is 2.22. The summed E-state index contributed by atoms with van der Waals surface area (Å²) in [6.45, 7) is 4.40. The summed E-state index contributed by atoms with van der Waals surface area (Å²) in [5.74, 6) is -1.48. The van der Waals surface area contributed by atoms with Crippen molar-refractivity contribution >= 4 is 11.9 Å². The van der Waals surface area contributed by atoms with Gasteiger partial charge in [-0.15, -0.1) is 0 Å². The van der Waals surface area contributed by atoms with Crippen molar-refractivity contribution in [2.75, 3.05) is 26.7 Å². The van der Waals surface area contributed by atoms with Crippen molar-refractivity contribution in [1.29, 1.82) is 0 Å². The van der Waals surface area contributed by atoms with Crippen LogP contribution >= 0.6 is 0 Å². The Morgan fingerprint density at radius 2 is 1.94 bits per heavy atom. The predicted molar refractivity (Wildman–Crippen MR) is 57.9 cm³/mol. The molecule has 0 aromatic heterocycles. The van der Waals surface area contributed by atoms with Crippen molar-refractivity contribution in [3.8, 4) is 0 Å². The molecule has 3 atom stereocenters. The smallest absolute Gasteiger partial charge is 0.307 e. The third-order valence-corrected chi connectivity index (χ3v) is 3.70. The molecule has 0 aromatic rings. The summed E-state index contributed by atoms with van der Waals surface area (Å²) in [4.78, 5) is 26.7. The van der Waals surface area contributed by atoms with Crippen LogP contribution in [0.25, 0.3) is 0 Å². The summed E-state index contributed by atoms with van der Waals surface area (Å²) in [5.41, 5.74) is 0. The number of carboxylic acid groups (broad SMARTS) is 1. The van der Waals surface area contributed by atoms with Gasteiger partial charge in [-0.2, -0.15) is 0 Å². The molecule has 1 heterocycles. The molecule has 0 radical (unpaired) electrons. The van der Waals surface area contributed by atoms with Gasteiger partial charge in [-0.05, 0) is 20.4 Å². The minimum Gasteiger partial charge on any atom is -0.481 e. The highest BCUT2D eigenvalue weighted by Gasteiger charge is 2.50. The number of nitrogens with zero attached hydrogens (tertiary/aromatic N) is 2. The Balaban J connectivity index is 1.90. The first kappa shape index (κ1) is 11.4. The standard InChI is InChI=1S/C11H18N2O3/c1-7-6-13(4-3-12(7)2)10(14)8-5-9(8)11(15)16/h7-9H,3-6H2,1-2H3,(H,15,16)/t7?,8-,9+/m1/s1. The normalized spacial score (nSPS) is 34.9. The Labute approximate surface area is 95.0 Å². The fourth-order valence-corrected chi connectivity index (χ4v) is 2.22. The van der Waals surface area contributed by atoms with Crippen LogP contribution in [0.15, 0.2) is 0 Å². The molecule has 0 aromatic carbocycles. The zero-order valence-corrected chi connectivity index (χ0v) is 9.72. The highest BCUT2D eigenvalue weighted by atomic mass is 16.4. The highest BCUT2D eigenvalue weighted by molar-refractivity contribution is 5.89. The molecule has 16 heavy (non-hydrogen) atoms. The monoisotopic (exact) mass is 226 g/mol. The van der Waals surface area contributed by atoms with Gasteiger partial charge in [-0.25, -0.2) is 0 Å². The van der Waals surface area contributed by atoms with E-state index in [1.807, 2.05) is 11.9 Å². The molecular formula is C11H18N2O3. The minimum absolute atomic E-state index is 0.0346. The molecule has 5 nitrogen and oxygen atoms in total. The lowest BCUT2D eigenvalue weighted by Gasteiger charge is -2.37. The van der Waals surface area contributed by atoms with Crippen molar-refractivity contribution in [3.05, 3.63) is 0 Å². The summed E-state index contributed by atoms with van der Waals surface area (Å²) < 4.78 is 0. The van der Waals surface area contributed by atoms with Gasteiger partial charge < -0.3 is 14.9 Å². The minimum atomic E-state index is -0.833. The third-order valence-electron chi connectivity index (χ3n) is 3.70. The van der Waals surface area contributed by atoms with Gasteiger partial charge in [0, 0.05) is 25.7 Å². The number of carboxylic acids is 1. The number of likely N-dealkylation sites (N-methyl/N-ethyl adjacent to an activating group) is 1. The van der Waals surface area contributed by atoms with Gasteiger partial charge in [0.25, 0.3) is 0 Å². The van der Waals surface area contributed by atoms with E-state index < -0.39 is 11.9 Å². The van der Waals surface area contributed by atoms with Gasteiger partial charge in [0.15, 0.2) is 0 Å². The van der Waals surface area contributed by atoms with E-state index in [0.717, 1.165) is 19.6 Å². The summed E-state index contributed by atoms with van der Waals surface area (Å²) in [6.07, 6.45) is 0.523. The Morgan fingerprint density at radius 3 is 2.44 bits per heavy atom. The summed E-state index contributed by atoms with van der Waals surface area (Å²) in [7, 11) is 2.05. The van der Waals surface area contributed by atoms with E-state index in [-0.39, 0.29) is 11.8 Å². The largest absolute Gasteiger partial charge is 0.481 e. The van der Waals surface area contributed by atoms with Crippen LogP contribution in [0.3, 0.4) is 0 Å². The number of piperazine rings is 1. The summed E-state index contributed by atoms with van der Waals surface area (Å²) in [5, 5.41) is 8.79. The van der Waals surface area contributed by atoms with Gasteiger partial charge >= 0.3 is 5.97 Å². The molecular weight excluding hydrogens is 208 g/mol. The number of aliphatic carboxylic acids is 1. The van der Waals surface area contributed by atoms with Crippen LogP contribution in [0.2, 0.25) is 0 Å². The molecule has 2 aliphatic rings. The van der Waals surface area contributed by atoms with Crippen LogP contribution < -0.4 is 0 Å². The maximum atomic E-state index is 12.0. The Morgan fingerprint density at radius 1 is 1.25 bits per heavy atom. The molecule has 1 unspecified atom stereocenters. The molecule has 0 spiro atoms. The van der Waals surface area contributed by atoms with E-state index in [9.17, 15) is 9.59 Å². The predicted octanol–water partition coefficient (Wildman–Crippen LogP) is -0.130. The number of hydrogen-bond donors (Lipinski definition) is 1. The van der Waals surface area contributed by atoms with Crippen LogP contribution in [0.1, 0.15) is 13.3 Å². The average molecular weight is 226 g/mol. The number of hydrogen-bond acceptors (Lipinski definition) is 3. The van der Waals surface area contributed by atoms with Gasteiger partial charge in [-0.3, -0.25) is 9.59 Å². The molecule has 1 N–H and O–H groups in total. The van der Waals surface area contributed by atoms with E-state index in [0.29, 0.717) is 12.5 Å². The zero-order valence-electron chi connectivity index (χ0n) is 9.72. The number of carbonyl (C=O) groups is 2. The number of carbonyl (C=O) groups excluding carboxylic acids is 1. The molecule has 1 amide bonds. The van der Waals surface area contributed by atoms with Crippen molar-refractivity contribution in [2.24, 2.45) is 11.8 Å². The third kappa shape index (κ3) is 2.04. The van der Waals surface area contributed by atoms with E-state index in [1.54, 1.807) is 0 Å². The molecule has 5 heteroatoms. The summed E-state index contributed by atoms with van der Waals surface area (Å²) >= 11 is 0. The van der Waals surface area contributed by atoms with E-state index in [2.05, 4.69) is 11.8 Å². The average Bonchev–Trinajstić information content (AvgIpc) is 3.01. The zero-order chi connectivity index (χ0) is 11.9. The maximum absolute atomic E-state index is 12.0. The van der Waals surface area contributed by atoms with Crippen molar-refractivity contribution in [2.45, 2.75) is 19.4 Å². The van der Waals surface area contributed by atoms with Gasteiger partial charge in [0.05, 0.1) is 11.8 Å². The maximum Gasteiger partial charge on any atom is 0.307 e. The first-order valence-electron chi connectivity index (χ1n) is 5.72. The lowest BCUT2D eigenvalue weighted by atomic mass is 10.2. The van der Waals surface area contributed by atoms with Crippen LogP contribution in [0, 0.1) is 11.8 Å². The van der Waals surface area contributed by atoms with Gasteiger partial charge in [-0.1, -0.05) is 0 Å². The molecule has 1 saturated carbocycles. The molecule has 1 saturated heterocycles. The van der Waals surface area contributed by atoms with E-state index >= 15 is 0 Å². The van der Waals surface area contributed by atoms with Crippen LogP contribution in [0.4, 0.5) is 0 Å². The number of rotatable bonds is 2. The SMILES string of the molecule is CC1CN(C(=O)[C@@H]2C[C@@H]2C(=O)O)CCN1C. The molecule has 0 bridgehead atoms. The second-order valence-electron chi connectivity index (χ2n) is 4.90.